The number of H-pyrrole nitrogens is 1. The second kappa shape index (κ2) is 6.45. The molecule has 3 aromatic heterocycles. The fourth-order valence-electron chi connectivity index (χ4n) is 2.89. The van der Waals surface area contributed by atoms with Gasteiger partial charge >= 0.3 is 0 Å². The number of hydrogen-bond donors (Lipinski definition) is 2. The van der Waals surface area contributed by atoms with Gasteiger partial charge in [0.15, 0.2) is 17.1 Å². The molecule has 4 aromatic rings. The number of nitrogens with one attached hydrogen (secondary N) is 1. The molecule has 136 valence electrons. The van der Waals surface area contributed by atoms with Crippen molar-refractivity contribution in [1.29, 1.82) is 0 Å². The van der Waals surface area contributed by atoms with E-state index in [4.69, 9.17) is 15.2 Å². The van der Waals surface area contributed by atoms with Crippen LogP contribution in [0.4, 0.5) is 5.82 Å². The summed E-state index contributed by atoms with van der Waals surface area (Å²) < 4.78 is 12.8. The van der Waals surface area contributed by atoms with Crippen molar-refractivity contribution in [3.8, 4) is 28.7 Å². The Balaban J connectivity index is 2.15. The highest BCUT2D eigenvalue weighted by atomic mass is 16.5. The molecule has 0 aliphatic heterocycles. The van der Waals surface area contributed by atoms with E-state index in [0.29, 0.717) is 40.0 Å². The Morgan fingerprint density at radius 1 is 1.04 bits per heavy atom. The normalized spacial score (nSPS) is 10.9. The molecule has 3 heterocycles. The minimum atomic E-state index is -0.251. The Morgan fingerprint density at radius 2 is 1.74 bits per heavy atom. The lowest BCUT2D eigenvalue weighted by atomic mass is 10.2. The maximum atomic E-state index is 11.8. The molecule has 0 unspecified atom stereocenters. The van der Waals surface area contributed by atoms with Crippen molar-refractivity contribution in [2.45, 2.75) is 0 Å². The number of aromatic amines is 1. The Bertz CT molecular complexity index is 1180. The Hall–Kier alpha value is -3.88. The van der Waals surface area contributed by atoms with Gasteiger partial charge in [-0.15, -0.1) is 0 Å². The topological polar surface area (TPSA) is 121 Å². The van der Waals surface area contributed by atoms with Crippen LogP contribution >= 0.6 is 0 Å². The maximum absolute atomic E-state index is 11.8. The molecule has 0 bridgehead atoms. The van der Waals surface area contributed by atoms with Crippen LogP contribution in [0, 0.1) is 0 Å². The van der Waals surface area contributed by atoms with Crippen LogP contribution in [0.1, 0.15) is 0 Å². The number of aromatic nitrogens is 5. The summed E-state index contributed by atoms with van der Waals surface area (Å²) in [5, 5.41) is 0. The van der Waals surface area contributed by atoms with Crippen LogP contribution in [0.15, 0.2) is 47.4 Å². The van der Waals surface area contributed by atoms with E-state index in [1.54, 1.807) is 43.1 Å². The molecule has 9 nitrogen and oxygen atoms in total. The molecule has 0 spiro atoms. The van der Waals surface area contributed by atoms with E-state index in [9.17, 15) is 4.79 Å². The lowest BCUT2D eigenvalue weighted by molar-refractivity contribution is 0.391. The van der Waals surface area contributed by atoms with Gasteiger partial charge in [0.05, 0.1) is 26.1 Å². The fraction of sp³-hybridized carbons (Fsp3) is 0.111. The van der Waals surface area contributed by atoms with E-state index in [1.165, 1.54) is 12.3 Å². The van der Waals surface area contributed by atoms with Gasteiger partial charge in [-0.2, -0.15) is 0 Å². The third-order valence-electron chi connectivity index (χ3n) is 4.02. The van der Waals surface area contributed by atoms with Gasteiger partial charge in [-0.25, -0.2) is 15.0 Å². The fourth-order valence-corrected chi connectivity index (χ4v) is 2.89. The summed E-state index contributed by atoms with van der Waals surface area (Å²) in [5.74, 6) is 1.75. The van der Waals surface area contributed by atoms with Crippen LogP contribution in [0.3, 0.4) is 0 Å². The number of para-hydroxylation sites is 1. The molecule has 4 rings (SSSR count). The average Bonchev–Trinajstić information content (AvgIpc) is 3.05. The van der Waals surface area contributed by atoms with Crippen molar-refractivity contribution in [2.75, 3.05) is 20.0 Å². The van der Waals surface area contributed by atoms with Gasteiger partial charge in [-0.1, -0.05) is 12.1 Å². The number of ether oxygens (including phenoxy) is 2. The SMILES string of the molecule is COc1cccc(OC)c1-n1c(-c2cccc(=O)[nH]2)nc2ncc(N)nc21. The van der Waals surface area contributed by atoms with Crippen molar-refractivity contribution in [1.82, 2.24) is 24.5 Å². The summed E-state index contributed by atoms with van der Waals surface area (Å²) in [6.07, 6.45) is 1.43. The van der Waals surface area contributed by atoms with E-state index >= 15 is 0 Å². The van der Waals surface area contributed by atoms with Gasteiger partial charge in [-0.05, 0) is 18.2 Å². The quantitative estimate of drug-likeness (QED) is 0.566. The van der Waals surface area contributed by atoms with E-state index in [-0.39, 0.29) is 11.4 Å². The number of imidazole rings is 1. The summed E-state index contributed by atoms with van der Waals surface area (Å²) in [6, 6.07) is 10.2. The smallest absolute Gasteiger partial charge is 0.248 e. The summed E-state index contributed by atoms with van der Waals surface area (Å²) in [4.78, 5) is 27.8. The van der Waals surface area contributed by atoms with Crippen molar-refractivity contribution in [3.05, 3.63) is 52.9 Å². The molecule has 0 fully saturated rings. The second-order valence-corrected chi connectivity index (χ2v) is 5.65. The zero-order valence-electron chi connectivity index (χ0n) is 14.6. The van der Waals surface area contributed by atoms with Crippen LogP contribution in [0.25, 0.3) is 28.5 Å². The van der Waals surface area contributed by atoms with Crippen LogP contribution in [-0.4, -0.2) is 38.7 Å². The number of hydrogen-bond acceptors (Lipinski definition) is 7. The molecule has 0 atom stereocenters. The number of pyridine rings is 1. The first-order valence-electron chi connectivity index (χ1n) is 8.04. The van der Waals surface area contributed by atoms with Gasteiger partial charge in [0.1, 0.15) is 23.0 Å². The average molecular weight is 364 g/mol. The Kier molecular flexibility index (Phi) is 3.96. The highest BCUT2D eigenvalue weighted by molar-refractivity contribution is 5.79. The number of fused-ring (bicyclic) bond motifs is 1. The van der Waals surface area contributed by atoms with E-state index in [1.807, 2.05) is 6.07 Å². The largest absolute Gasteiger partial charge is 0.494 e. The number of rotatable bonds is 4. The van der Waals surface area contributed by atoms with Crippen LogP contribution in [0.5, 0.6) is 11.5 Å². The highest BCUT2D eigenvalue weighted by Gasteiger charge is 2.23. The minimum Gasteiger partial charge on any atom is -0.494 e. The van der Waals surface area contributed by atoms with E-state index < -0.39 is 0 Å². The van der Waals surface area contributed by atoms with Crippen molar-refractivity contribution in [2.24, 2.45) is 0 Å². The van der Waals surface area contributed by atoms with Gasteiger partial charge < -0.3 is 20.2 Å². The van der Waals surface area contributed by atoms with Gasteiger partial charge in [0.25, 0.3) is 0 Å². The van der Waals surface area contributed by atoms with Crippen LogP contribution < -0.4 is 20.8 Å². The third-order valence-corrected chi connectivity index (χ3v) is 4.02. The van der Waals surface area contributed by atoms with Gasteiger partial charge in [0, 0.05) is 6.07 Å². The van der Waals surface area contributed by atoms with E-state index in [2.05, 4.69) is 19.9 Å². The Labute approximate surface area is 153 Å². The summed E-state index contributed by atoms with van der Waals surface area (Å²) in [7, 11) is 3.11. The first kappa shape index (κ1) is 16.6. The summed E-state index contributed by atoms with van der Waals surface area (Å²) in [6.45, 7) is 0. The molecule has 0 aliphatic rings. The van der Waals surface area contributed by atoms with Gasteiger partial charge in [-0.3, -0.25) is 9.36 Å². The number of nitrogens with zero attached hydrogens (tertiary/aromatic N) is 4. The summed E-state index contributed by atoms with van der Waals surface area (Å²) >= 11 is 0. The predicted molar refractivity (Wildman–Crippen MR) is 100 cm³/mol. The molecule has 0 radical (unpaired) electrons. The molecule has 0 saturated heterocycles. The number of benzene rings is 1. The standard InChI is InChI=1S/C18H16N6O3/c1-26-11-6-4-7-12(27-2)15(11)24-17(10-5-3-8-14(25)21-10)23-16-18(24)22-13(19)9-20-16/h3-9H,1-2H3,(H2,19,22)(H,21,25). The molecule has 9 heteroatoms. The molecule has 3 N–H and O–H groups in total. The number of nitrogen functional groups attached to an aromatic ring is 1. The first-order chi connectivity index (χ1) is 13.1. The van der Waals surface area contributed by atoms with Gasteiger partial charge in [0.2, 0.25) is 5.56 Å². The lowest BCUT2D eigenvalue weighted by Gasteiger charge is -2.16. The lowest BCUT2D eigenvalue weighted by Crippen LogP contribution is -2.08. The molecule has 27 heavy (non-hydrogen) atoms. The minimum absolute atomic E-state index is 0.241. The molecule has 1 aromatic carbocycles. The highest BCUT2D eigenvalue weighted by Crippen LogP contribution is 2.37. The monoisotopic (exact) mass is 364 g/mol. The zero-order valence-corrected chi connectivity index (χ0v) is 14.6. The number of nitrogens with two attached hydrogens (primary N) is 1. The van der Waals surface area contributed by atoms with E-state index in [0.717, 1.165) is 0 Å². The van der Waals surface area contributed by atoms with Crippen molar-refractivity contribution < 1.29 is 9.47 Å². The van der Waals surface area contributed by atoms with Crippen LogP contribution in [0.2, 0.25) is 0 Å². The molecule has 0 amide bonds. The molecule has 0 saturated carbocycles. The zero-order chi connectivity index (χ0) is 19.0. The summed E-state index contributed by atoms with van der Waals surface area (Å²) in [5.41, 5.74) is 7.45. The Morgan fingerprint density at radius 3 is 2.41 bits per heavy atom. The maximum Gasteiger partial charge on any atom is 0.248 e. The second-order valence-electron chi connectivity index (χ2n) is 5.65. The number of anilines is 1. The van der Waals surface area contributed by atoms with Crippen molar-refractivity contribution in [3.63, 3.8) is 0 Å². The predicted octanol–water partition coefficient (Wildman–Crippen LogP) is 1.77. The third kappa shape index (κ3) is 2.74. The molecular weight excluding hydrogens is 348 g/mol. The first-order valence-corrected chi connectivity index (χ1v) is 8.04. The van der Waals surface area contributed by atoms with Crippen molar-refractivity contribution >= 4 is 17.1 Å². The van der Waals surface area contributed by atoms with Crippen LogP contribution in [-0.2, 0) is 0 Å². The molecule has 0 aliphatic carbocycles. The number of methoxy groups -OCH3 is 2. The molecular formula is C18H16N6O3.